The van der Waals surface area contributed by atoms with Crippen LogP contribution in [0.15, 0.2) is 4.42 Å². The molecule has 5 heteroatoms. The van der Waals surface area contributed by atoms with Crippen LogP contribution in [0.1, 0.15) is 31.7 Å². The van der Waals surface area contributed by atoms with Crippen molar-refractivity contribution in [3.63, 3.8) is 0 Å². The van der Waals surface area contributed by atoms with Crippen molar-refractivity contribution >= 4 is 0 Å². The summed E-state index contributed by atoms with van der Waals surface area (Å²) in [7, 11) is 0. The number of hydrogen-bond donors (Lipinski definition) is 1. The highest BCUT2D eigenvalue weighted by molar-refractivity contribution is 4.85. The van der Waals surface area contributed by atoms with Crippen molar-refractivity contribution in [2.24, 2.45) is 5.73 Å². The zero-order valence-corrected chi connectivity index (χ0v) is 7.28. The molecule has 1 aromatic heterocycles. The van der Waals surface area contributed by atoms with Gasteiger partial charge in [-0.2, -0.15) is 0 Å². The number of nitrogens with two attached hydrogens (primary N) is 1. The lowest BCUT2D eigenvalue weighted by atomic mass is 10.4. The third-order valence-electron chi connectivity index (χ3n) is 1.30. The van der Waals surface area contributed by atoms with Crippen LogP contribution in [0.4, 0.5) is 0 Å². The highest BCUT2D eigenvalue weighted by Crippen LogP contribution is 2.07. The maximum absolute atomic E-state index is 5.52. The van der Waals surface area contributed by atoms with Crippen molar-refractivity contribution in [2.45, 2.75) is 26.5 Å². The molecule has 0 saturated heterocycles. The lowest BCUT2D eigenvalue weighted by molar-refractivity contribution is 0.113. The topological polar surface area (TPSA) is 74.2 Å². The summed E-state index contributed by atoms with van der Waals surface area (Å²) >= 11 is 0. The van der Waals surface area contributed by atoms with Crippen LogP contribution in [0.2, 0.25) is 0 Å². The van der Waals surface area contributed by atoms with Crippen LogP contribution in [-0.2, 0) is 11.3 Å². The van der Waals surface area contributed by atoms with Gasteiger partial charge in [0.1, 0.15) is 6.61 Å². The molecule has 0 unspecified atom stereocenters. The van der Waals surface area contributed by atoms with E-state index in [4.69, 9.17) is 14.9 Å². The molecule has 0 bridgehead atoms. The summed E-state index contributed by atoms with van der Waals surface area (Å²) < 4.78 is 10.3. The maximum Gasteiger partial charge on any atom is 0.242 e. The monoisotopic (exact) mass is 171 g/mol. The molecular formula is C7H13N3O2. The molecule has 0 radical (unpaired) electrons. The molecule has 5 nitrogen and oxygen atoms in total. The second-order valence-electron chi connectivity index (χ2n) is 2.46. The van der Waals surface area contributed by atoms with Crippen molar-refractivity contribution in [3.05, 3.63) is 11.8 Å². The van der Waals surface area contributed by atoms with Gasteiger partial charge in [-0.15, -0.1) is 10.2 Å². The number of hydrogen-bond acceptors (Lipinski definition) is 5. The molecule has 0 fully saturated rings. The molecule has 1 atom stereocenters. The highest BCUT2D eigenvalue weighted by Gasteiger charge is 2.08. The normalized spacial score (nSPS) is 13.2. The summed E-state index contributed by atoms with van der Waals surface area (Å²) in [6.45, 7) is 4.69. The fourth-order valence-corrected chi connectivity index (χ4v) is 0.698. The van der Waals surface area contributed by atoms with Gasteiger partial charge >= 0.3 is 0 Å². The van der Waals surface area contributed by atoms with Crippen molar-refractivity contribution in [1.29, 1.82) is 0 Å². The maximum atomic E-state index is 5.52. The Morgan fingerprint density at radius 3 is 2.83 bits per heavy atom. The van der Waals surface area contributed by atoms with E-state index in [9.17, 15) is 0 Å². The minimum absolute atomic E-state index is 0.215. The Morgan fingerprint density at radius 1 is 1.58 bits per heavy atom. The Labute approximate surface area is 70.9 Å². The van der Waals surface area contributed by atoms with Crippen molar-refractivity contribution in [1.82, 2.24) is 10.2 Å². The van der Waals surface area contributed by atoms with Crippen LogP contribution in [-0.4, -0.2) is 16.8 Å². The van der Waals surface area contributed by atoms with E-state index in [2.05, 4.69) is 10.2 Å². The smallest absolute Gasteiger partial charge is 0.242 e. The second kappa shape index (κ2) is 4.18. The lowest BCUT2D eigenvalue weighted by Crippen LogP contribution is -2.04. The third kappa shape index (κ3) is 2.28. The zero-order valence-electron chi connectivity index (χ0n) is 7.28. The minimum Gasteiger partial charge on any atom is -0.421 e. The molecule has 1 rings (SSSR count). The van der Waals surface area contributed by atoms with Crippen LogP contribution in [0.25, 0.3) is 0 Å². The van der Waals surface area contributed by atoms with E-state index in [-0.39, 0.29) is 6.04 Å². The average Bonchev–Trinajstić information content (AvgIpc) is 2.48. The van der Waals surface area contributed by atoms with Crippen LogP contribution in [0.5, 0.6) is 0 Å². The molecule has 12 heavy (non-hydrogen) atoms. The first-order chi connectivity index (χ1) is 5.74. The molecule has 1 aromatic rings. The molecule has 0 saturated carbocycles. The Kier molecular flexibility index (Phi) is 3.19. The van der Waals surface area contributed by atoms with Crippen molar-refractivity contribution < 1.29 is 9.15 Å². The quantitative estimate of drug-likeness (QED) is 0.719. The van der Waals surface area contributed by atoms with E-state index in [1.54, 1.807) is 6.92 Å². The molecule has 0 aromatic carbocycles. The van der Waals surface area contributed by atoms with Gasteiger partial charge in [0.25, 0.3) is 0 Å². The molecule has 0 aliphatic carbocycles. The van der Waals surface area contributed by atoms with E-state index in [1.165, 1.54) is 0 Å². The van der Waals surface area contributed by atoms with E-state index in [0.29, 0.717) is 25.0 Å². The van der Waals surface area contributed by atoms with Crippen LogP contribution < -0.4 is 5.73 Å². The fraction of sp³-hybridized carbons (Fsp3) is 0.714. The first kappa shape index (κ1) is 9.15. The number of aromatic nitrogens is 2. The van der Waals surface area contributed by atoms with Gasteiger partial charge in [-0.3, -0.25) is 0 Å². The van der Waals surface area contributed by atoms with Gasteiger partial charge in [0.15, 0.2) is 0 Å². The number of rotatable bonds is 4. The van der Waals surface area contributed by atoms with Gasteiger partial charge in [0.05, 0.1) is 6.04 Å². The van der Waals surface area contributed by atoms with Gasteiger partial charge in [0, 0.05) is 6.61 Å². The molecule has 2 N–H and O–H groups in total. The average molecular weight is 171 g/mol. The van der Waals surface area contributed by atoms with E-state index in [0.717, 1.165) is 0 Å². The fourth-order valence-electron chi connectivity index (χ4n) is 0.698. The van der Waals surface area contributed by atoms with Gasteiger partial charge in [-0.1, -0.05) is 0 Å². The SMILES string of the molecule is CCOCc1nnc([C@H](C)N)o1. The minimum atomic E-state index is -0.215. The van der Waals surface area contributed by atoms with Crippen LogP contribution in [0.3, 0.4) is 0 Å². The predicted octanol–water partition coefficient (Wildman–Crippen LogP) is 0.626. The first-order valence-corrected chi connectivity index (χ1v) is 3.89. The van der Waals surface area contributed by atoms with Crippen LogP contribution >= 0.6 is 0 Å². The van der Waals surface area contributed by atoms with Crippen molar-refractivity contribution in [3.8, 4) is 0 Å². The largest absolute Gasteiger partial charge is 0.421 e. The molecule has 0 spiro atoms. The number of ether oxygens (including phenoxy) is 1. The Hall–Kier alpha value is -0.940. The zero-order chi connectivity index (χ0) is 8.97. The first-order valence-electron chi connectivity index (χ1n) is 3.89. The summed E-state index contributed by atoms with van der Waals surface area (Å²) in [6.07, 6.45) is 0. The van der Waals surface area contributed by atoms with E-state index < -0.39 is 0 Å². The summed E-state index contributed by atoms with van der Waals surface area (Å²) in [4.78, 5) is 0. The van der Waals surface area contributed by atoms with E-state index in [1.807, 2.05) is 6.92 Å². The molecule has 0 amide bonds. The standard InChI is InChI=1S/C7H13N3O2/c1-3-11-4-6-9-10-7(12-6)5(2)8/h5H,3-4,8H2,1-2H3/t5-/m0/s1. The van der Waals surface area contributed by atoms with Gasteiger partial charge in [-0.05, 0) is 13.8 Å². The van der Waals surface area contributed by atoms with Gasteiger partial charge < -0.3 is 14.9 Å². The molecule has 0 aliphatic heterocycles. The lowest BCUT2D eigenvalue weighted by Gasteiger charge is -1.95. The molecule has 68 valence electrons. The molecule has 1 heterocycles. The summed E-state index contributed by atoms with van der Waals surface area (Å²) in [6, 6.07) is -0.215. The second-order valence-corrected chi connectivity index (χ2v) is 2.46. The molecular weight excluding hydrogens is 158 g/mol. The summed E-state index contributed by atoms with van der Waals surface area (Å²) in [5, 5.41) is 7.50. The Morgan fingerprint density at radius 2 is 2.33 bits per heavy atom. The summed E-state index contributed by atoms with van der Waals surface area (Å²) in [5.41, 5.74) is 5.52. The van der Waals surface area contributed by atoms with Gasteiger partial charge in [-0.25, -0.2) is 0 Å². The molecule has 0 aliphatic rings. The Bertz CT molecular complexity index is 234. The predicted molar refractivity (Wildman–Crippen MR) is 42.2 cm³/mol. The van der Waals surface area contributed by atoms with Gasteiger partial charge in [0.2, 0.25) is 11.8 Å². The summed E-state index contributed by atoms with van der Waals surface area (Å²) in [5.74, 6) is 0.925. The number of nitrogens with zero attached hydrogens (tertiary/aromatic N) is 2. The van der Waals surface area contributed by atoms with E-state index >= 15 is 0 Å². The van der Waals surface area contributed by atoms with Crippen molar-refractivity contribution in [2.75, 3.05) is 6.61 Å². The highest BCUT2D eigenvalue weighted by atomic mass is 16.5. The Balaban J connectivity index is 2.52. The van der Waals surface area contributed by atoms with Crippen LogP contribution in [0, 0.1) is 0 Å². The third-order valence-corrected chi connectivity index (χ3v) is 1.30.